The molecule has 4 heteroatoms. The number of carbonyl (C=O) groups excluding carboxylic acids is 1. The summed E-state index contributed by atoms with van der Waals surface area (Å²) >= 11 is 0. The summed E-state index contributed by atoms with van der Waals surface area (Å²) in [5, 5.41) is 12.3. The van der Waals surface area contributed by atoms with E-state index in [1.807, 2.05) is 31.2 Å². The molecule has 1 amide bonds. The molecule has 4 nitrogen and oxygen atoms in total. The van der Waals surface area contributed by atoms with Gasteiger partial charge in [0.1, 0.15) is 11.5 Å². The predicted octanol–water partition coefficient (Wildman–Crippen LogP) is 3.28. The number of anilines is 1. The SMILES string of the molecule is CCc1ccc(OCC(=O)Nc2cc(C)ccc2O)cc1. The third-order valence-corrected chi connectivity index (χ3v) is 3.13. The van der Waals surface area contributed by atoms with E-state index >= 15 is 0 Å². The molecule has 0 aliphatic carbocycles. The normalized spacial score (nSPS) is 10.2. The second-order valence-electron chi connectivity index (χ2n) is 4.85. The highest BCUT2D eigenvalue weighted by atomic mass is 16.5. The Morgan fingerprint density at radius 3 is 2.57 bits per heavy atom. The zero-order valence-corrected chi connectivity index (χ0v) is 12.2. The molecule has 0 aromatic heterocycles. The van der Waals surface area contributed by atoms with Gasteiger partial charge < -0.3 is 15.2 Å². The lowest BCUT2D eigenvalue weighted by molar-refractivity contribution is -0.118. The smallest absolute Gasteiger partial charge is 0.262 e. The first-order chi connectivity index (χ1) is 10.1. The predicted molar refractivity (Wildman–Crippen MR) is 82.8 cm³/mol. The molecule has 0 heterocycles. The topological polar surface area (TPSA) is 58.6 Å². The van der Waals surface area contributed by atoms with Crippen molar-refractivity contribution in [3.63, 3.8) is 0 Å². The van der Waals surface area contributed by atoms with Gasteiger partial charge in [0.05, 0.1) is 5.69 Å². The van der Waals surface area contributed by atoms with Crippen molar-refractivity contribution in [2.45, 2.75) is 20.3 Å². The minimum Gasteiger partial charge on any atom is -0.506 e. The van der Waals surface area contributed by atoms with Crippen LogP contribution in [0, 0.1) is 6.92 Å². The molecule has 0 radical (unpaired) electrons. The van der Waals surface area contributed by atoms with Crippen molar-refractivity contribution in [2.75, 3.05) is 11.9 Å². The monoisotopic (exact) mass is 285 g/mol. The Bertz CT molecular complexity index is 620. The average Bonchev–Trinajstić information content (AvgIpc) is 2.49. The number of amides is 1. The Hall–Kier alpha value is -2.49. The van der Waals surface area contributed by atoms with Crippen molar-refractivity contribution >= 4 is 11.6 Å². The molecule has 2 aromatic carbocycles. The van der Waals surface area contributed by atoms with Crippen LogP contribution < -0.4 is 10.1 Å². The number of ether oxygens (including phenoxy) is 1. The fourth-order valence-corrected chi connectivity index (χ4v) is 1.91. The van der Waals surface area contributed by atoms with Gasteiger partial charge in [-0.3, -0.25) is 4.79 Å². The molecule has 0 bridgehead atoms. The van der Waals surface area contributed by atoms with Crippen LogP contribution in [0.25, 0.3) is 0 Å². The molecule has 0 unspecified atom stereocenters. The van der Waals surface area contributed by atoms with E-state index in [1.165, 1.54) is 5.56 Å². The van der Waals surface area contributed by atoms with Gasteiger partial charge in [-0.1, -0.05) is 25.1 Å². The Labute approximate surface area is 124 Å². The summed E-state index contributed by atoms with van der Waals surface area (Å²) in [7, 11) is 0. The Balaban J connectivity index is 1.91. The maximum atomic E-state index is 11.8. The summed E-state index contributed by atoms with van der Waals surface area (Å²) in [5.74, 6) is 0.382. The van der Waals surface area contributed by atoms with Gasteiger partial charge in [0, 0.05) is 0 Å². The molecule has 0 saturated heterocycles. The highest BCUT2D eigenvalue weighted by Gasteiger charge is 2.07. The van der Waals surface area contributed by atoms with Gasteiger partial charge in [0.2, 0.25) is 0 Å². The summed E-state index contributed by atoms with van der Waals surface area (Å²) < 4.78 is 5.42. The molecule has 0 aliphatic rings. The third kappa shape index (κ3) is 4.24. The molecule has 110 valence electrons. The van der Waals surface area contributed by atoms with E-state index in [-0.39, 0.29) is 18.3 Å². The Morgan fingerprint density at radius 2 is 1.90 bits per heavy atom. The van der Waals surface area contributed by atoms with E-state index in [2.05, 4.69) is 12.2 Å². The first-order valence-corrected chi connectivity index (χ1v) is 6.89. The molecule has 21 heavy (non-hydrogen) atoms. The lowest BCUT2D eigenvalue weighted by Crippen LogP contribution is -2.20. The van der Waals surface area contributed by atoms with Gasteiger partial charge in [-0.25, -0.2) is 0 Å². The van der Waals surface area contributed by atoms with Crippen LogP contribution in [0.3, 0.4) is 0 Å². The van der Waals surface area contributed by atoms with E-state index in [4.69, 9.17) is 4.74 Å². The van der Waals surface area contributed by atoms with Crippen LogP contribution in [-0.2, 0) is 11.2 Å². The highest BCUT2D eigenvalue weighted by Crippen LogP contribution is 2.23. The van der Waals surface area contributed by atoms with Gasteiger partial charge in [-0.15, -0.1) is 0 Å². The maximum absolute atomic E-state index is 11.8. The third-order valence-electron chi connectivity index (χ3n) is 3.13. The number of rotatable bonds is 5. The highest BCUT2D eigenvalue weighted by molar-refractivity contribution is 5.93. The lowest BCUT2D eigenvalue weighted by Gasteiger charge is -2.09. The number of benzene rings is 2. The van der Waals surface area contributed by atoms with Crippen molar-refractivity contribution in [3.05, 3.63) is 53.6 Å². The zero-order chi connectivity index (χ0) is 15.2. The van der Waals surface area contributed by atoms with Gasteiger partial charge >= 0.3 is 0 Å². The Kier molecular flexibility index (Phi) is 4.82. The number of phenols is 1. The molecule has 0 aliphatic heterocycles. The summed E-state index contributed by atoms with van der Waals surface area (Å²) in [6.45, 7) is 3.87. The van der Waals surface area contributed by atoms with Crippen molar-refractivity contribution in [1.29, 1.82) is 0 Å². The molecule has 2 N–H and O–H groups in total. The van der Waals surface area contributed by atoms with Crippen molar-refractivity contribution in [2.24, 2.45) is 0 Å². The first-order valence-electron chi connectivity index (χ1n) is 6.89. The van der Waals surface area contributed by atoms with Crippen LogP contribution in [0.5, 0.6) is 11.5 Å². The lowest BCUT2D eigenvalue weighted by atomic mass is 10.2. The van der Waals surface area contributed by atoms with Crippen LogP contribution in [0.1, 0.15) is 18.1 Å². The largest absolute Gasteiger partial charge is 0.506 e. The second-order valence-corrected chi connectivity index (χ2v) is 4.85. The van der Waals surface area contributed by atoms with E-state index in [0.717, 1.165) is 12.0 Å². The van der Waals surface area contributed by atoms with Crippen molar-refractivity contribution in [1.82, 2.24) is 0 Å². The van der Waals surface area contributed by atoms with Gasteiger partial charge in [-0.05, 0) is 48.7 Å². The van der Waals surface area contributed by atoms with E-state index in [1.54, 1.807) is 18.2 Å². The number of nitrogens with one attached hydrogen (secondary N) is 1. The minimum absolute atomic E-state index is 0.0428. The quantitative estimate of drug-likeness (QED) is 0.829. The van der Waals surface area contributed by atoms with Crippen LogP contribution in [0.2, 0.25) is 0 Å². The molecular formula is C17H19NO3. The Morgan fingerprint density at radius 1 is 1.19 bits per heavy atom. The summed E-state index contributed by atoms with van der Waals surface area (Å²) in [6, 6.07) is 12.7. The maximum Gasteiger partial charge on any atom is 0.262 e. The average molecular weight is 285 g/mol. The fourth-order valence-electron chi connectivity index (χ4n) is 1.91. The molecule has 0 spiro atoms. The molecule has 0 fully saturated rings. The first kappa shape index (κ1) is 14.9. The van der Waals surface area contributed by atoms with E-state index in [0.29, 0.717) is 11.4 Å². The number of hydrogen-bond donors (Lipinski definition) is 2. The molecule has 0 atom stereocenters. The number of hydrogen-bond acceptors (Lipinski definition) is 3. The summed E-state index contributed by atoms with van der Waals surface area (Å²) in [6.07, 6.45) is 0.966. The molecule has 2 rings (SSSR count). The van der Waals surface area contributed by atoms with Crippen LogP contribution in [0.4, 0.5) is 5.69 Å². The fraction of sp³-hybridized carbons (Fsp3) is 0.235. The summed E-state index contributed by atoms with van der Waals surface area (Å²) in [5.41, 5.74) is 2.57. The molecule has 0 saturated carbocycles. The van der Waals surface area contributed by atoms with Gasteiger partial charge in [0.15, 0.2) is 6.61 Å². The van der Waals surface area contributed by atoms with Gasteiger partial charge in [0.25, 0.3) is 5.91 Å². The standard InChI is InChI=1S/C17H19NO3/c1-3-13-5-7-14(8-6-13)21-11-17(20)18-15-10-12(2)4-9-16(15)19/h4-10,19H,3,11H2,1-2H3,(H,18,20). The van der Waals surface area contributed by atoms with Gasteiger partial charge in [-0.2, -0.15) is 0 Å². The van der Waals surface area contributed by atoms with E-state index in [9.17, 15) is 9.90 Å². The second kappa shape index (κ2) is 6.79. The number of phenolic OH excluding ortho intramolecular Hbond substituents is 1. The van der Waals surface area contributed by atoms with Crippen LogP contribution >= 0.6 is 0 Å². The van der Waals surface area contributed by atoms with E-state index < -0.39 is 0 Å². The minimum atomic E-state index is -0.310. The zero-order valence-electron chi connectivity index (χ0n) is 12.2. The number of aromatic hydroxyl groups is 1. The van der Waals surface area contributed by atoms with Crippen LogP contribution in [0.15, 0.2) is 42.5 Å². The number of carbonyl (C=O) groups is 1. The number of aryl methyl sites for hydroxylation is 2. The van der Waals surface area contributed by atoms with Crippen LogP contribution in [-0.4, -0.2) is 17.6 Å². The van der Waals surface area contributed by atoms with Crippen molar-refractivity contribution < 1.29 is 14.6 Å². The molecule has 2 aromatic rings. The molecular weight excluding hydrogens is 266 g/mol. The summed E-state index contributed by atoms with van der Waals surface area (Å²) in [4.78, 5) is 11.8. The van der Waals surface area contributed by atoms with Crippen molar-refractivity contribution in [3.8, 4) is 11.5 Å².